The number of carbonyl (C=O) groups excluding carboxylic acids is 1. The van der Waals surface area contributed by atoms with Crippen LogP contribution in [0, 0.1) is 5.41 Å². The van der Waals surface area contributed by atoms with E-state index in [2.05, 4.69) is 18.9 Å². The van der Waals surface area contributed by atoms with Crippen molar-refractivity contribution in [1.29, 1.82) is 0 Å². The zero-order chi connectivity index (χ0) is 16.1. The molecular formula is C16H21ClN4O. The van der Waals surface area contributed by atoms with Gasteiger partial charge >= 0.3 is 0 Å². The minimum Gasteiger partial charge on any atom is -0.345 e. The third-order valence-corrected chi connectivity index (χ3v) is 4.76. The number of carbonyl (C=O) groups is 1. The van der Waals surface area contributed by atoms with Crippen molar-refractivity contribution < 1.29 is 4.79 Å². The first kappa shape index (κ1) is 15.2. The van der Waals surface area contributed by atoms with E-state index >= 15 is 0 Å². The van der Waals surface area contributed by atoms with E-state index < -0.39 is 0 Å². The maximum Gasteiger partial charge on any atom is 0.270 e. The van der Waals surface area contributed by atoms with Gasteiger partial charge in [0.25, 0.3) is 5.91 Å². The van der Waals surface area contributed by atoms with E-state index in [4.69, 9.17) is 11.6 Å². The van der Waals surface area contributed by atoms with Crippen LogP contribution in [-0.4, -0.2) is 38.2 Å². The topological polar surface area (TPSA) is 43.1 Å². The van der Waals surface area contributed by atoms with Gasteiger partial charge in [-0.05, 0) is 17.0 Å². The molecule has 0 radical (unpaired) electrons. The summed E-state index contributed by atoms with van der Waals surface area (Å²) in [5, 5.41) is 4.85. The number of amides is 1. The third-order valence-electron chi connectivity index (χ3n) is 4.55. The Bertz CT molecular complexity index is 716. The molecule has 1 fully saturated rings. The molecule has 1 aliphatic rings. The molecule has 22 heavy (non-hydrogen) atoms. The van der Waals surface area contributed by atoms with E-state index in [0.717, 1.165) is 6.54 Å². The molecule has 0 aromatic carbocycles. The van der Waals surface area contributed by atoms with Gasteiger partial charge in [-0.15, -0.1) is 0 Å². The fourth-order valence-corrected chi connectivity index (χ4v) is 3.61. The first-order valence-electron chi connectivity index (χ1n) is 7.37. The molecule has 118 valence electrons. The van der Waals surface area contributed by atoms with Crippen molar-refractivity contribution in [1.82, 2.24) is 19.2 Å². The Morgan fingerprint density at radius 1 is 1.36 bits per heavy atom. The van der Waals surface area contributed by atoms with Crippen LogP contribution in [0.3, 0.4) is 0 Å². The molecule has 1 amide bonds. The summed E-state index contributed by atoms with van der Waals surface area (Å²) in [5.41, 5.74) is 1.84. The van der Waals surface area contributed by atoms with Crippen LogP contribution < -0.4 is 0 Å². The van der Waals surface area contributed by atoms with Gasteiger partial charge in [-0.1, -0.05) is 25.4 Å². The molecular weight excluding hydrogens is 300 g/mol. The standard InChI is InChI=1S/C16H21ClN4O/c1-16(2)10-21(9-13(16)11-6-18-20(4)7-11)15(22)14-5-12(17)8-19(14)3/h5-8,13H,9-10H2,1-4H3. The van der Waals surface area contributed by atoms with Gasteiger partial charge in [0.2, 0.25) is 0 Å². The van der Waals surface area contributed by atoms with Crippen LogP contribution in [0.1, 0.15) is 35.8 Å². The average molecular weight is 321 g/mol. The third kappa shape index (κ3) is 2.54. The van der Waals surface area contributed by atoms with E-state index in [1.54, 1.807) is 16.8 Å². The SMILES string of the molecule is Cn1cc(C2CN(C(=O)c3cc(Cl)cn3C)CC2(C)C)cn1. The number of nitrogens with zero attached hydrogens (tertiary/aromatic N) is 4. The number of rotatable bonds is 2. The summed E-state index contributed by atoms with van der Waals surface area (Å²) < 4.78 is 3.60. The average Bonchev–Trinajstić information content (AvgIpc) is 3.06. The highest BCUT2D eigenvalue weighted by atomic mass is 35.5. The van der Waals surface area contributed by atoms with E-state index in [1.807, 2.05) is 36.1 Å². The summed E-state index contributed by atoms with van der Waals surface area (Å²) in [4.78, 5) is 14.7. The molecule has 6 heteroatoms. The number of aryl methyl sites for hydroxylation is 2. The summed E-state index contributed by atoms with van der Waals surface area (Å²) in [7, 11) is 3.76. The van der Waals surface area contributed by atoms with Crippen LogP contribution >= 0.6 is 11.6 Å². The van der Waals surface area contributed by atoms with Gasteiger partial charge in [0.05, 0.1) is 11.2 Å². The van der Waals surface area contributed by atoms with Crippen LogP contribution in [0.15, 0.2) is 24.7 Å². The zero-order valence-corrected chi connectivity index (χ0v) is 14.1. The maximum atomic E-state index is 12.8. The van der Waals surface area contributed by atoms with Crippen LogP contribution in [0.2, 0.25) is 5.02 Å². The molecule has 0 bridgehead atoms. The predicted octanol–water partition coefficient (Wildman–Crippen LogP) is 2.68. The molecule has 1 saturated heterocycles. The maximum absolute atomic E-state index is 12.8. The molecule has 0 aliphatic carbocycles. The Morgan fingerprint density at radius 3 is 2.64 bits per heavy atom. The van der Waals surface area contributed by atoms with Gasteiger partial charge in [0.15, 0.2) is 0 Å². The van der Waals surface area contributed by atoms with Gasteiger partial charge in [-0.2, -0.15) is 5.10 Å². The monoisotopic (exact) mass is 320 g/mol. The molecule has 5 nitrogen and oxygen atoms in total. The molecule has 3 heterocycles. The zero-order valence-electron chi connectivity index (χ0n) is 13.4. The highest BCUT2D eigenvalue weighted by Gasteiger charge is 2.43. The molecule has 0 saturated carbocycles. The molecule has 2 aromatic heterocycles. The van der Waals surface area contributed by atoms with Crippen LogP contribution in [0.25, 0.3) is 0 Å². The minimum absolute atomic E-state index is 0.0215. The number of likely N-dealkylation sites (tertiary alicyclic amines) is 1. The van der Waals surface area contributed by atoms with E-state index in [9.17, 15) is 4.79 Å². The lowest BCUT2D eigenvalue weighted by Gasteiger charge is -2.24. The molecule has 1 unspecified atom stereocenters. The Hall–Kier alpha value is -1.75. The molecule has 1 aliphatic heterocycles. The van der Waals surface area contributed by atoms with Gasteiger partial charge in [0, 0.05) is 45.5 Å². The Balaban J connectivity index is 1.86. The second-order valence-corrected chi connectivity index (χ2v) is 7.27. The van der Waals surface area contributed by atoms with E-state index in [-0.39, 0.29) is 11.3 Å². The highest BCUT2D eigenvalue weighted by Crippen LogP contribution is 2.42. The summed E-state index contributed by atoms with van der Waals surface area (Å²) in [6.45, 7) is 5.85. The number of halogens is 1. The lowest BCUT2D eigenvalue weighted by atomic mass is 9.79. The highest BCUT2D eigenvalue weighted by molar-refractivity contribution is 6.31. The van der Waals surface area contributed by atoms with Gasteiger partial charge in [-0.25, -0.2) is 0 Å². The van der Waals surface area contributed by atoms with Gasteiger partial charge in [0.1, 0.15) is 5.69 Å². The van der Waals surface area contributed by atoms with Crippen LogP contribution in [0.5, 0.6) is 0 Å². The number of hydrogen-bond donors (Lipinski definition) is 0. The van der Waals surface area contributed by atoms with Crippen molar-refractivity contribution in [2.45, 2.75) is 19.8 Å². The van der Waals surface area contributed by atoms with Crippen molar-refractivity contribution in [3.63, 3.8) is 0 Å². The quantitative estimate of drug-likeness (QED) is 0.854. The Labute approximate surface area is 135 Å². The van der Waals surface area contributed by atoms with Crippen molar-refractivity contribution in [2.24, 2.45) is 19.5 Å². The molecule has 2 aromatic rings. The second kappa shape index (κ2) is 5.16. The molecule has 0 N–H and O–H groups in total. The number of aromatic nitrogens is 3. The fourth-order valence-electron chi connectivity index (χ4n) is 3.36. The van der Waals surface area contributed by atoms with Crippen LogP contribution in [0.4, 0.5) is 0 Å². The van der Waals surface area contributed by atoms with E-state index in [1.165, 1.54) is 5.56 Å². The molecule has 0 spiro atoms. The molecule has 3 rings (SSSR count). The van der Waals surface area contributed by atoms with E-state index in [0.29, 0.717) is 23.2 Å². The Kier molecular flexibility index (Phi) is 3.56. The normalized spacial score (nSPS) is 20.6. The number of hydrogen-bond acceptors (Lipinski definition) is 2. The summed E-state index contributed by atoms with van der Waals surface area (Å²) in [5.74, 6) is 0.328. The first-order valence-corrected chi connectivity index (χ1v) is 7.75. The largest absolute Gasteiger partial charge is 0.345 e. The summed E-state index contributed by atoms with van der Waals surface area (Å²) in [6.07, 6.45) is 5.70. The van der Waals surface area contributed by atoms with Crippen molar-refractivity contribution >= 4 is 17.5 Å². The lowest BCUT2D eigenvalue weighted by Crippen LogP contribution is -2.31. The van der Waals surface area contributed by atoms with Crippen molar-refractivity contribution in [2.75, 3.05) is 13.1 Å². The van der Waals surface area contributed by atoms with Gasteiger partial charge in [-0.3, -0.25) is 9.48 Å². The second-order valence-electron chi connectivity index (χ2n) is 6.83. The Morgan fingerprint density at radius 2 is 2.09 bits per heavy atom. The summed E-state index contributed by atoms with van der Waals surface area (Å²) in [6, 6.07) is 1.73. The minimum atomic E-state index is 0.0215. The van der Waals surface area contributed by atoms with Crippen molar-refractivity contribution in [3.8, 4) is 0 Å². The van der Waals surface area contributed by atoms with Crippen molar-refractivity contribution in [3.05, 3.63) is 40.9 Å². The first-order chi connectivity index (χ1) is 10.3. The summed E-state index contributed by atoms with van der Waals surface area (Å²) >= 11 is 6.00. The fraction of sp³-hybridized carbons (Fsp3) is 0.500. The van der Waals surface area contributed by atoms with Gasteiger partial charge < -0.3 is 9.47 Å². The van der Waals surface area contributed by atoms with Crippen LogP contribution in [-0.2, 0) is 14.1 Å². The predicted molar refractivity (Wildman–Crippen MR) is 86.1 cm³/mol. The smallest absolute Gasteiger partial charge is 0.270 e. The lowest BCUT2D eigenvalue weighted by molar-refractivity contribution is 0.0768. The molecule has 1 atom stereocenters.